The van der Waals surface area contributed by atoms with Crippen LogP contribution in [0.15, 0.2) is 48.5 Å². The molecule has 2 aromatic carbocycles. The number of anilines is 1. The van der Waals surface area contributed by atoms with E-state index < -0.39 is 11.7 Å². The highest BCUT2D eigenvalue weighted by atomic mass is 19.1. The number of piperazine rings is 1. The number of benzene rings is 2. The summed E-state index contributed by atoms with van der Waals surface area (Å²) in [6.45, 7) is 4.95. The zero-order chi connectivity index (χ0) is 19.9. The number of hydrogen-bond acceptors (Lipinski definition) is 4. The van der Waals surface area contributed by atoms with Crippen LogP contribution >= 0.6 is 0 Å². The van der Waals surface area contributed by atoms with E-state index in [-0.39, 0.29) is 18.0 Å². The Bertz CT molecular complexity index is 835. The van der Waals surface area contributed by atoms with Gasteiger partial charge in [-0.3, -0.25) is 9.59 Å². The molecule has 1 fully saturated rings. The third kappa shape index (κ3) is 4.79. The Morgan fingerprint density at radius 1 is 1.07 bits per heavy atom. The maximum atomic E-state index is 13.2. The normalized spacial score (nSPS) is 13.9. The first-order chi connectivity index (χ1) is 13.6. The number of carbonyl (C=O) groups is 2. The van der Waals surface area contributed by atoms with Gasteiger partial charge in [0.25, 0.3) is 5.91 Å². The fourth-order valence-corrected chi connectivity index (χ4v) is 3.19. The largest absolute Gasteiger partial charge is 0.492 e. The van der Waals surface area contributed by atoms with Gasteiger partial charge in [0, 0.05) is 31.7 Å². The quantitative estimate of drug-likeness (QED) is 0.829. The van der Waals surface area contributed by atoms with E-state index in [1.807, 2.05) is 31.2 Å². The summed E-state index contributed by atoms with van der Waals surface area (Å²) in [4.78, 5) is 28.4. The molecule has 0 atom stereocenters. The number of hydrogen-bond donors (Lipinski definition) is 1. The maximum Gasteiger partial charge on any atom is 0.251 e. The van der Waals surface area contributed by atoms with Crippen molar-refractivity contribution in [1.29, 1.82) is 0 Å². The van der Waals surface area contributed by atoms with Crippen LogP contribution in [-0.4, -0.2) is 56.0 Å². The zero-order valence-electron chi connectivity index (χ0n) is 15.9. The molecule has 1 N–H and O–H groups in total. The number of rotatable bonds is 6. The maximum absolute atomic E-state index is 13.2. The first-order valence-electron chi connectivity index (χ1n) is 9.37. The van der Waals surface area contributed by atoms with Crippen molar-refractivity contribution in [2.45, 2.75) is 6.92 Å². The minimum Gasteiger partial charge on any atom is -0.492 e. The van der Waals surface area contributed by atoms with Crippen LogP contribution in [0.5, 0.6) is 5.75 Å². The molecule has 2 aromatic rings. The first-order valence-corrected chi connectivity index (χ1v) is 9.37. The minimum absolute atomic E-state index is 0.106. The van der Waals surface area contributed by atoms with E-state index in [0.29, 0.717) is 32.8 Å². The summed E-state index contributed by atoms with van der Waals surface area (Å²) in [7, 11) is 0. The predicted molar refractivity (Wildman–Crippen MR) is 105 cm³/mol. The highest BCUT2D eigenvalue weighted by molar-refractivity contribution is 5.96. The van der Waals surface area contributed by atoms with Gasteiger partial charge in [0.05, 0.1) is 18.8 Å². The average molecular weight is 385 g/mol. The summed E-state index contributed by atoms with van der Waals surface area (Å²) in [6, 6.07) is 13.3. The molecule has 1 saturated heterocycles. The van der Waals surface area contributed by atoms with Crippen molar-refractivity contribution in [3.05, 3.63) is 59.9 Å². The van der Waals surface area contributed by atoms with Gasteiger partial charge in [0.15, 0.2) is 0 Å². The van der Waals surface area contributed by atoms with Gasteiger partial charge in [0.2, 0.25) is 5.91 Å². The van der Waals surface area contributed by atoms with E-state index in [9.17, 15) is 14.0 Å². The van der Waals surface area contributed by atoms with Crippen molar-refractivity contribution in [3.63, 3.8) is 0 Å². The Morgan fingerprint density at radius 2 is 1.82 bits per heavy atom. The Morgan fingerprint density at radius 3 is 2.54 bits per heavy atom. The van der Waals surface area contributed by atoms with Gasteiger partial charge in [-0.05, 0) is 37.3 Å². The number of amides is 2. The van der Waals surface area contributed by atoms with Crippen molar-refractivity contribution in [2.75, 3.05) is 44.2 Å². The predicted octanol–water partition coefficient (Wildman–Crippen LogP) is 2.30. The van der Waals surface area contributed by atoms with Crippen molar-refractivity contribution >= 4 is 17.5 Å². The third-order valence-corrected chi connectivity index (χ3v) is 4.63. The van der Waals surface area contributed by atoms with E-state index in [1.165, 1.54) is 18.2 Å². The van der Waals surface area contributed by atoms with E-state index >= 15 is 0 Å². The Labute approximate surface area is 163 Å². The molecule has 28 heavy (non-hydrogen) atoms. The average Bonchev–Trinajstić information content (AvgIpc) is 2.72. The standard InChI is InChI=1S/C21H24FN3O3/c1-2-28-19-9-4-3-8-18(19)24-10-12-25(13-11-24)20(26)15-23-21(27)16-6-5-7-17(22)14-16/h3-9,14H,2,10-13,15H2,1H3,(H,23,27). The zero-order valence-corrected chi connectivity index (χ0v) is 15.9. The van der Waals surface area contributed by atoms with Crippen molar-refractivity contribution < 1.29 is 18.7 Å². The van der Waals surface area contributed by atoms with Crippen molar-refractivity contribution in [1.82, 2.24) is 10.2 Å². The van der Waals surface area contributed by atoms with Crippen LogP contribution in [0.1, 0.15) is 17.3 Å². The summed E-state index contributed by atoms with van der Waals surface area (Å²) in [5.41, 5.74) is 1.22. The molecular weight excluding hydrogens is 361 g/mol. The molecule has 3 rings (SSSR count). The first kappa shape index (κ1) is 19.7. The Hall–Kier alpha value is -3.09. The second-order valence-corrected chi connectivity index (χ2v) is 6.46. The molecule has 6 nitrogen and oxygen atoms in total. The van der Waals surface area contributed by atoms with E-state index in [0.717, 1.165) is 17.5 Å². The lowest BCUT2D eigenvalue weighted by atomic mass is 10.2. The van der Waals surface area contributed by atoms with Gasteiger partial charge in [-0.2, -0.15) is 0 Å². The highest BCUT2D eigenvalue weighted by Crippen LogP contribution is 2.28. The Kier molecular flexibility index (Phi) is 6.47. The SMILES string of the molecule is CCOc1ccccc1N1CCN(C(=O)CNC(=O)c2cccc(F)c2)CC1. The minimum atomic E-state index is -0.484. The molecule has 1 heterocycles. The number of nitrogens with zero attached hydrogens (tertiary/aromatic N) is 2. The van der Waals surface area contributed by atoms with Crippen LogP contribution < -0.4 is 15.0 Å². The smallest absolute Gasteiger partial charge is 0.251 e. The molecule has 7 heteroatoms. The summed E-state index contributed by atoms with van der Waals surface area (Å²) >= 11 is 0. The molecule has 148 valence electrons. The van der Waals surface area contributed by atoms with Gasteiger partial charge >= 0.3 is 0 Å². The number of carbonyl (C=O) groups excluding carboxylic acids is 2. The fraction of sp³-hybridized carbons (Fsp3) is 0.333. The molecule has 0 aromatic heterocycles. The second kappa shape index (κ2) is 9.21. The van der Waals surface area contributed by atoms with Crippen molar-refractivity contribution in [3.8, 4) is 5.75 Å². The fourth-order valence-electron chi connectivity index (χ4n) is 3.19. The Balaban J connectivity index is 1.51. The van der Waals surface area contributed by atoms with Crippen LogP contribution in [0.3, 0.4) is 0 Å². The number of halogens is 1. The van der Waals surface area contributed by atoms with Gasteiger partial charge in [-0.1, -0.05) is 18.2 Å². The molecule has 0 saturated carbocycles. The summed E-state index contributed by atoms with van der Waals surface area (Å²) in [5.74, 6) is -0.255. The summed E-state index contributed by atoms with van der Waals surface area (Å²) in [5, 5.41) is 2.56. The molecule has 0 radical (unpaired) electrons. The van der Waals surface area contributed by atoms with Crippen molar-refractivity contribution in [2.24, 2.45) is 0 Å². The summed E-state index contributed by atoms with van der Waals surface area (Å²) in [6.07, 6.45) is 0. The van der Waals surface area contributed by atoms with Crippen LogP contribution in [0.4, 0.5) is 10.1 Å². The van der Waals surface area contributed by atoms with E-state index in [4.69, 9.17) is 4.74 Å². The number of nitrogens with one attached hydrogen (secondary N) is 1. The highest BCUT2D eigenvalue weighted by Gasteiger charge is 2.23. The molecule has 0 bridgehead atoms. The third-order valence-electron chi connectivity index (χ3n) is 4.63. The van der Waals surface area contributed by atoms with Gasteiger partial charge in [-0.25, -0.2) is 4.39 Å². The van der Waals surface area contributed by atoms with Gasteiger partial charge in [0.1, 0.15) is 11.6 Å². The van der Waals surface area contributed by atoms with E-state index in [2.05, 4.69) is 10.2 Å². The molecule has 1 aliphatic heterocycles. The lowest BCUT2D eigenvalue weighted by molar-refractivity contribution is -0.130. The lowest BCUT2D eigenvalue weighted by Crippen LogP contribution is -2.51. The molecule has 1 aliphatic rings. The molecule has 0 unspecified atom stereocenters. The van der Waals surface area contributed by atoms with E-state index in [1.54, 1.807) is 4.90 Å². The molecule has 0 aliphatic carbocycles. The van der Waals surface area contributed by atoms with Gasteiger partial charge in [-0.15, -0.1) is 0 Å². The number of para-hydroxylation sites is 2. The molecule has 0 spiro atoms. The van der Waals surface area contributed by atoms with Crippen LogP contribution in [-0.2, 0) is 4.79 Å². The molecular formula is C21H24FN3O3. The second-order valence-electron chi connectivity index (χ2n) is 6.46. The monoisotopic (exact) mass is 385 g/mol. The topological polar surface area (TPSA) is 61.9 Å². The summed E-state index contributed by atoms with van der Waals surface area (Å²) < 4.78 is 18.9. The molecule has 2 amide bonds. The van der Waals surface area contributed by atoms with Crippen LogP contribution in [0.2, 0.25) is 0 Å². The number of ether oxygens (including phenoxy) is 1. The van der Waals surface area contributed by atoms with Gasteiger partial charge < -0.3 is 19.9 Å². The van der Waals surface area contributed by atoms with Crippen LogP contribution in [0.25, 0.3) is 0 Å². The van der Waals surface area contributed by atoms with Crippen LogP contribution in [0, 0.1) is 5.82 Å². The lowest BCUT2D eigenvalue weighted by Gasteiger charge is -2.36.